The standard InChI is InChI=1S/C13H13F4N5O3S/c1-6(2)26(24,25)20-5-3-4-19-13(23)7-8(14)10(16)12(21-22-18)11(17)9(7)15/h20H,1,3-5H2,2H3,(H,19,23). The summed E-state index contributed by atoms with van der Waals surface area (Å²) in [7, 11) is -3.70. The number of carbonyl (C=O) groups is 1. The van der Waals surface area contributed by atoms with Crippen molar-refractivity contribution in [2.75, 3.05) is 13.1 Å². The first-order valence-corrected chi connectivity index (χ1v) is 8.37. The molecule has 142 valence electrons. The average molecular weight is 395 g/mol. The Morgan fingerprint density at radius 1 is 1.15 bits per heavy atom. The summed E-state index contributed by atoms with van der Waals surface area (Å²) >= 11 is 0. The maximum atomic E-state index is 13.8. The van der Waals surface area contributed by atoms with E-state index in [0.29, 0.717) is 0 Å². The number of nitrogens with zero attached hydrogens (tertiary/aromatic N) is 3. The molecule has 0 bridgehead atoms. The molecule has 0 spiro atoms. The number of sulfonamides is 1. The highest BCUT2D eigenvalue weighted by Gasteiger charge is 2.28. The number of azide groups is 1. The van der Waals surface area contributed by atoms with Crippen LogP contribution in [-0.4, -0.2) is 27.4 Å². The number of amides is 1. The minimum absolute atomic E-state index is 0.0171. The van der Waals surface area contributed by atoms with E-state index in [2.05, 4.69) is 16.4 Å². The first-order chi connectivity index (χ1) is 12.0. The third kappa shape index (κ3) is 4.71. The van der Waals surface area contributed by atoms with Crippen LogP contribution in [0.2, 0.25) is 0 Å². The Labute approximate surface area is 145 Å². The zero-order valence-corrected chi connectivity index (χ0v) is 14.1. The number of rotatable bonds is 8. The van der Waals surface area contributed by atoms with E-state index in [1.54, 1.807) is 0 Å². The molecule has 0 saturated carbocycles. The van der Waals surface area contributed by atoms with E-state index in [1.807, 2.05) is 10.2 Å². The molecule has 26 heavy (non-hydrogen) atoms. The Kier molecular flexibility index (Phi) is 7.12. The second-order valence-corrected chi connectivity index (χ2v) is 6.87. The summed E-state index contributed by atoms with van der Waals surface area (Å²) in [5.41, 5.74) is 5.07. The summed E-state index contributed by atoms with van der Waals surface area (Å²) in [5, 5.41) is 4.49. The van der Waals surface area contributed by atoms with Gasteiger partial charge >= 0.3 is 0 Å². The molecule has 2 N–H and O–H groups in total. The number of nitrogens with one attached hydrogen (secondary N) is 2. The van der Waals surface area contributed by atoms with Crippen molar-refractivity contribution in [1.82, 2.24) is 10.0 Å². The fourth-order valence-corrected chi connectivity index (χ4v) is 2.32. The third-order valence-corrected chi connectivity index (χ3v) is 4.50. The van der Waals surface area contributed by atoms with Crippen molar-refractivity contribution in [3.05, 3.63) is 50.8 Å². The highest BCUT2D eigenvalue weighted by molar-refractivity contribution is 7.93. The third-order valence-electron chi connectivity index (χ3n) is 3.00. The lowest BCUT2D eigenvalue weighted by Crippen LogP contribution is -2.31. The van der Waals surface area contributed by atoms with E-state index >= 15 is 0 Å². The summed E-state index contributed by atoms with van der Waals surface area (Å²) in [6, 6.07) is 0. The molecule has 8 nitrogen and oxygen atoms in total. The van der Waals surface area contributed by atoms with Crippen molar-refractivity contribution in [2.24, 2.45) is 5.11 Å². The molecule has 0 aliphatic carbocycles. The lowest BCUT2D eigenvalue weighted by atomic mass is 10.1. The maximum absolute atomic E-state index is 13.8. The molecule has 1 rings (SSSR count). The number of benzene rings is 1. The van der Waals surface area contributed by atoms with Gasteiger partial charge in [-0.25, -0.2) is 30.7 Å². The van der Waals surface area contributed by atoms with E-state index < -0.39 is 50.5 Å². The molecule has 1 aromatic carbocycles. The topological polar surface area (TPSA) is 124 Å². The number of hydrogen-bond donors (Lipinski definition) is 2. The van der Waals surface area contributed by atoms with Gasteiger partial charge in [0.15, 0.2) is 23.3 Å². The normalized spacial score (nSPS) is 11.0. The van der Waals surface area contributed by atoms with E-state index in [1.165, 1.54) is 6.92 Å². The molecule has 0 radical (unpaired) electrons. The summed E-state index contributed by atoms with van der Waals surface area (Å²) < 4.78 is 79.6. The van der Waals surface area contributed by atoms with E-state index in [9.17, 15) is 30.8 Å². The van der Waals surface area contributed by atoms with Crippen molar-refractivity contribution in [2.45, 2.75) is 13.3 Å². The number of carbonyl (C=O) groups excluding carboxylic acids is 1. The van der Waals surface area contributed by atoms with Gasteiger partial charge in [0, 0.05) is 22.9 Å². The highest BCUT2D eigenvalue weighted by Crippen LogP contribution is 2.30. The van der Waals surface area contributed by atoms with Gasteiger partial charge in [0.2, 0.25) is 10.0 Å². The van der Waals surface area contributed by atoms with Gasteiger partial charge in [-0.1, -0.05) is 11.7 Å². The fraction of sp³-hybridized carbons (Fsp3) is 0.308. The number of hydrogen-bond acceptors (Lipinski definition) is 4. The Balaban J connectivity index is 2.83. The van der Waals surface area contributed by atoms with Gasteiger partial charge in [-0.2, -0.15) is 0 Å². The van der Waals surface area contributed by atoms with Crippen LogP contribution < -0.4 is 10.0 Å². The van der Waals surface area contributed by atoms with Crippen LogP contribution >= 0.6 is 0 Å². The van der Waals surface area contributed by atoms with Crippen molar-refractivity contribution < 1.29 is 30.8 Å². The van der Waals surface area contributed by atoms with Gasteiger partial charge in [0.25, 0.3) is 5.91 Å². The molecule has 0 aliphatic rings. The number of halogens is 4. The molecule has 1 amide bonds. The van der Waals surface area contributed by atoms with E-state index in [0.717, 1.165) is 0 Å². The SMILES string of the molecule is C=C(C)S(=O)(=O)NCCCNC(=O)c1c(F)c(F)c(N=[N+]=[N-])c(F)c1F. The van der Waals surface area contributed by atoms with Crippen LogP contribution in [-0.2, 0) is 10.0 Å². The van der Waals surface area contributed by atoms with Gasteiger partial charge in [-0.15, -0.1) is 0 Å². The van der Waals surface area contributed by atoms with Crippen molar-refractivity contribution in [3.8, 4) is 0 Å². The first-order valence-electron chi connectivity index (χ1n) is 6.89. The van der Waals surface area contributed by atoms with E-state index in [-0.39, 0.29) is 24.4 Å². The van der Waals surface area contributed by atoms with Gasteiger partial charge in [-0.05, 0) is 18.9 Å². The van der Waals surface area contributed by atoms with Gasteiger partial charge in [0.1, 0.15) is 11.3 Å². The average Bonchev–Trinajstić information content (AvgIpc) is 2.56. The Morgan fingerprint density at radius 2 is 1.69 bits per heavy atom. The molecule has 0 heterocycles. The molecule has 0 aromatic heterocycles. The molecule has 0 atom stereocenters. The van der Waals surface area contributed by atoms with Gasteiger partial charge < -0.3 is 5.32 Å². The molecule has 0 aliphatic heterocycles. The second kappa shape index (κ2) is 8.65. The summed E-state index contributed by atoms with van der Waals surface area (Å²) in [5.74, 6) is -9.53. The predicted octanol–water partition coefficient (Wildman–Crippen LogP) is 2.76. The monoisotopic (exact) mass is 395 g/mol. The molecule has 0 saturated heterocycles. The molecule has 0 fully saturated rings. The van der Waals surface area contributed by atoms with Crippen LogP contribution in [0.3, 0.4) is 0 Å². The van der Waals surface area contributed by atoms with Crippen molar-refractivity contribution >= 4 is 21.6 Å². The Hall–Kier alpha value is -2.63. The first kappa shape index (κ1) is 21.4. The van der Waals surface area contributed by atoms with Crippen LogP contribution in [0.1, 0.15) is 23.7 Å². The summed E-state index contributed by atoms with van der Waals surface area (Å²) in [4.78, 5) is 13.7. The lowest BCUT2D eigenvalue weighted by molar-refractivity contribution is 0.0942. The second-order valence-electron chi connectivity index (χ2n) is 4.88. The van der Waals surface area contributed by atoms with Gasteiger partial charge in [0.05, 0.1) is 0 Å². The van der Waals surface area contributed by atoms with Crippen LogP contribution in [0.5, 0.6) is 0 Å². The molecular weight excluding hydrogens is 382 g/mol. The quantitative estimate of drug-likeness (QED) is 0.176. The van der Waals surface area contributed by atoms with Crippen LogP contribution in [0.15, 0.2) is 16.6 Å². The van der Waals surface area contributed by atoms with Crippen molar-refractivity contribution in [1.29, 1.82) is 0 Å². The van der Waals surface area contributed by atoms with Crippen LogP contribution in [0.4, 0.5) is 23.2 Å². The molecular formula is C13H13F4N5O3S. The van der Waals surface area contributed by atoms with Gasteiger partial charge in [-0.3, -0.25) is 4.79 Å². The molecule has 13 heteroatoms. The fourth-order valence-electron chi connectivity index (χ4n) is 1.66. The van der Waals surface area contributed by atoms with Crippen molar-refractivity contribution in [3.63, 3.8) is 0 Å². The Morgan fingerprint density at radius 3 is 2.15 bits per heavy atom. The minimum atomic E-state index is -3.70. The smallest absolute Gasteiger partial charge is 0.257 e. The summed E-state index contributed by atoms with van der Waals surface area (Å²) in [6.45, 7) is 4.13. The lowest BCUT2D eigenvalue weighted by Gasteiger charge is -2.10. The minimum Gasteiger partial charge on any atom is -0.352 e. The molecule has 0 unspecified atom stereocenters. The summed E-state index contributed by atoms with van der Waals surface area (Å²) in [6.07, 6.45) is 0.0171. The Bertz CT molecular complexity index is 869. The predicted molar refractivity (Wildman–Crippen MR) is 83.8 cm³/mol. The van der Waals surface area contributed by atoms with Crippen LogP contribution in [0.25, 0.3) is 10.4 Å². The largest absolute Gasteiger partial charge is 0.352 e. The maximum Gasteiger partial charge on any atom is 0.257 e. The zero-order valence-electron chi connectivity index (χ0n) is 13.3. The zero-order chi connectivity index (χ0) is 20.1. The van der Waals surface area contributed by atoms with E-state index in [4.69, 9.17) is 5.53 Å². The molecule has 1 aromatic rings. The van der Waals surface area contributed by atoms with Crippen LogP contribution in [0, 0.1) is 23.3 Å². The highest BCUT2D eigenvalue weighted by atomic mass is 32.2. The number of allylic oxidation sites excluding steroid dienone is 1.